The third-order valence-corrected chi connectivity index (χ3v) is 2.60. The van der Waals surface area contributed by atoms with Gasteiger partial charge in [0.05, 0.1) is 7.11 Å². The molecule has 0 saturated carbocycles. The fourth-order valence-corrected chi connectivity index (χ4v) is 1.65. The van der Waals surface area contributed by atoms with E-state index in [1.165, 1.54) is 7.11 Å². The van der Waals surface area contributed by atoms with E-state index < -0.39 is 0 Å². The van der Waals surface area contributed by atoms with Crippen LogP contribution < -0.4 is 10.1 Å². The largest absolute Gasteiger partial charge is 0.481 e. The van der Waals surface area contributed by atoms with Crippen molar-refractivity contribution in [3.8, 4) is 5.75 Å². The SMILES string of the molecule is CCCNCc1cccc(C)c1OCC(=O)OC. The van der Waals surface area contributed by atoms with Crippen LogP contribution in [0, 0.1) is 6.92 Å². The molecule has 0 aliphatic carbocycles. The number of ether oxygens (including phenoxy) is 2. The lowest BCUT2D eigenvalue weighted by Crippen LogP contribution is -2.17. The Balaban J connectivity index is 2.70. The minimum absolute atomic E-state index is 0.0534. The summed E-state index contributed by atoms with van der Waals surface area (Å²) in [7, 11) is 1.35. The van der Waals surface area contributed by atoms with Gasteiger partial charge in [0, 0.05) is 12.1 Å². The number of nitrogens with one attached hydrogen (secondary N) is 1. The molecule has 0 fully saturated rings. The molecule has 0 aliphatic rings. The zero-order valence-electron chi connectivity index (χ0n) is 11.3. The van der Waals surface area contributed by atoms with E-state index in [1.807, 2.05) is 25.1 Å². The van der Waals surface area contributed by atoms with Crippen LogP contribution in [0.15, 0.2) is 18.2 Å². The Morgan fingerprint density at radius 3 is 2.83 bits per heavy atom. The number of esters is 1. The fourth-order valence-electron chi connectivity index (χ4n) is 1.65. The Kier molecular flexibility index (Phi) is 6.22. The summed E-state index contributed by atoms with van der Waals surface area (Å²) in [5.74, 6) is 0.400. The summed E-state index contributed by atoms with van der Waals surface area (Å²) in [4.78, 5) is 11.1. The lowest BCUT2D eigenvalue weighted by atomic mass is 10.1. The zero-order valence-corrected chi connectivity index (χ0v) is 11.3. The molecule has 0 aliphatic heterocycles. The molecular formula is C14H21NO3. The predicted molar refractivity (Wildman–Crippen MR) is 70.7 cm³/mol. The average Bonchev–Trinajstić information content (AvgIpc) is 2.38. The van der Waals surface area contributed by atoms with Crippen LogP contribution in [0.25, 0.3) is 0 Å². The monoisotopic (exact) mass is 251 g/mol. The summed E-state index contributed by atoms with van der Waals surface area (Å²) in [5.41, 5.74) is 2.09. The molecule has 18 heavy (non-hydrogen) atoms. The normalized spacial score (nSPS) is 10.2. The number of hydrogen-bond acceptors (Lipinski definition) is 4. The lowest BCUT2D eigenvalue weighted by Gasteiger charge is -2.13. The summed E-state index contributed by atoms with van der Waals surface area (Å²) < 4.78 is 10.1. The summed E-state index contributed by atoms with van der Waals surface area (Å²) in [6.07, 6.45) is 1.09. The Morgan fingerprint density at radius 1 is 1.39 bits per heavy atom. The lowest BCUT2D eigenvalue weighted by molar-refractivity contribution is -0.142. The maximum atomic E-state index is 11.1. The second-order valence-corrected chi connectivity index (χ2v) is 4.10. The van der Waals surface area contributed by atoms with Crippen molar-refractivity contribution in [1.29, 1.82) is 0 Å². The predicted octanol–water partition coefficient (Wildman–Crippen LogP) is 2.05. The van der Waals surface area contributed by atoms with Crippen LogP contribution in [0.5, 0.6) is 5.75 Å². The van der Waals surface area contributed by atoms with E-state index in [4.69, 9.17) is 4.74 Å². The molecule has 0 unspecified atom stereocenters. The van der Waals surface area contributed by atoms with E-state index in [0.717, 1.165) is 36.4 Å². The topological polar surface area (TPSA) is 47.6 Å². The van der Waals surface area contributed by atoms with Gasteiger partial charge in [-0.25, -0.2) is 4.79 Å². The van der Waals surface area contributed by atoms with E-state index in [1.54, 1.807) is 0 Å². The minimum Gasteiger partial charge on any atom is -0.481 e. The Morgan fingerprint density at radius 2 is 2.17 bits per heavy atom. The molecule has 0 amide bonds. The van der Waals surface area contributed by atoms with E-state index in [9.17, 15) is 4.79 Å². The summed E-state index contributed by atoms with van der Waals surface area (Å²) in [5, 5.41) is 3.32. The molecule has 4 nitrogen and oxygen atoms in total. The number of methoxy groups -OCH3 is 1. The highest BCUT2D eigenvalue weighted by molar-refractivity contribution is 5.71. The summed E-state index contributed by atoms with van der Waals surface area (Å²) in [6.45, 7) is 5.74. The second kappa shape index (κ2) is 7.71. The Labute approximate surface area is 108 Å². The number of hydrogen-bond donors (Lipinski definition) is 1. The van der Waals surface area contributed by atoms with Crippen LogP contribution in [-0.4, -0.2) is 26.2 Å². The third kappa shape index (κ3) is 4.37. The van der Waals surface area contributed by atoms with Crippen LogP contribution >= 0.6 is 0 Å². The molecule has 0 saturated heterocycles. The number of carbonyl (C=O) groups is 1. The number of benzene rings is 1. The summed E-state index contributed by atoms with van der Waals surface area (Å²) in [6, 6.07) is 5.96. The van der Waals surface area contributed by atoms with Crippen LogP contribution in [0.1, 0.15) is 24.5 Å². The quantitative estimate of drug-likeness (QED) is 0.595. The van der Waals surface area contributed by atoms with Gasteiger partial charge in [-0.2, -0.15) is 0 Å². The maximum absolute atomic E-state index is 11.1. The second-order valence-electron chi connectivity index (χ2n) is 4.10. The van der Waals surface area contributed by atoms with Gasteiger partial charge in [0.2, 0.25) is 0 Å². The molecular weight excluding hydrogens is 230 g/mol. The number of aryl methyl sites for hydroxylation is 1. The number of carbonyl (C=O) groups excluding carboxylic acids is 1. The molecule has 1 aromatic carbocycles. The molecule has 0 spiro atoms. The van der Waals surface area contributed by atoms with Gasteiger partial charge in [-0.1, -0.05) is 25.1 Å². The van der Waals surface area contributed by atoms with Gasteiger partial charge < -0.3 is 14.8 Å². The molecule has 0 aromatic heterocycles. The third-order valence-electron chi connectivity index (χ3n) is 2.60. The Bertz CT molecular complexity index is 391. The van der Waals surface area contributed by atoms with Gasteiger partial charge >= 0.3 is 5.97 Å². The van der Waals surface area contributed by atoms with Crippen LogP contribution in [0.3, 0.4) is 0 Å². The van der Waals surface area contributed by atoms with E-state index >= 15 is 0 Å². The van der Waals surface area contributed by atoms with E-state index in [0.29, 0.717) is 0 Å². The smallest absolute Gasteiger partial charge is 0.343 e. The molecule has 100 valence electrons. The van der Waals surface area contributed by atoms with Crippen molar-refractivity contribution in [1.82, 2.24) is 5.32 Å². The molecule has 1 aromatic rings. The molecule has 1 N–H and O–H groups in total. The standard InChI is InChI=1S/C14H21NO3/c1-4-8-15-9-12-7-5-6-11(2)14(12)18-10-13(16)17-3/h5-7,15H,4,8-10H2,1-3H3. The highest BCUT2D eigenvalue weighted by Gasteiger charge is 2.09. The zero-order chi connectivity index (χ0) is 13.4. The average molecular weight is 251 g/mol. The van der Waals surface area contributed by atoms with Crippen molar-refractivity contribution in [3.05, 3.63) is 29.3 Å². The first-order chi connectivity index (χ1) is 8.69. The van der Waals surface area contributed by atoms with Crippen molar-refractivity contribution in [3.63, 3.8) is 0 Å². The summed E-state index contributed by atoms with van der Waals surface area (Å²) >= 11 is 0. The molecule has 4 heteroatoms. The molecule has 0 radical (unpaired) electrons. The Hall–Kier alpha value is -1.55. The van der Waals surface area contributed by atoms with Crippen molar-refractivity contribution >= 4 is 5.97 Å². The van der Waals surface area contributed by atoms with Gasteiger partial charge in [0.15, 0.2) is 6.61 Å². The van der Waals surface area contributed by atoms with Crippen molar-refractivity contribution in [2.75, 3.05) is 20.3 Å². The van der Waals surface area contributed by atoms with Crippen molar-refractivity contribution < 1.29 is 14.3 Å². The van der Waals surface area contributed by atoms with Crippen LogP contribution in [-0.2, 0) is 16.1 Å². The first kappa shape index (κ1) is 14.5. The molecule has 0 atom stereocenters. The molecule has 1 rings (SSSR count). The highest BCUT2D eigenvalue weighted by atomic mass is 16.6. The van der Waals surface area contributed by atoms with Crippen molar-refractivity contribution in [2.24, 2.45) is 0 Å². The van der Waals surface area contributed by atoms with Crippen LogP contribution in [0.4, 0.5) is 0 Å². The van der Waals surface area contributed by atoms with Gasteiger partial charge in [-0.05, 0) is 25.5 Å². The van der Waals surface area contributed by atoms with Gasteiger partial charge in [-0.3, -0.25) is 0 Å². The number of rotatable bonds is 7. The van der Waals surface area contributed by atoms with Gasteiger partial charge in [0.1, 0.15) is 5.75 Å². The first-order valence-electron chi connectivity index (χ1n) is 6.17. The maximum Gasteiger partial charge on any atom is 0.343 e. The van der Waals surface area contributed by atoms with E-state index in [2.05, 4.69) is 17.0 Å². The van der Waals surface area contributed by atoms with Gasteiger partial charge in [-0.15, -0.1) is 0 Å². The molecule has 0 bridgehead atoms. The van der Waals surface area contributed by atoms with Gasteiger partial charge in [0.25, 0.3) is 0 Å². The fraction of sp³-hybridized carbons (Fsp3) is 0.500. The van der Waals surface area contributed by atoms with Crippen molar-refractivity contribution in [2.45, 2.75) is 26.8 Å². The first-order valence-corrected chi connectivity index (χ1v) is 6.17. The molecule has 0 heterocycles. The highest BCUT2D eigenvalue weighted by Crippen LogP contribution is 2.23. The van der Waals surface area contributed by atoms with Crippen LogP contribution in [0.2, 0.25) is 0 Å². The number of para-hydroxylation sites is 1. The minimum atomic E-state index is -0.370. The van der Waals surface area contributed by atoms with E-state index in [-0.39, 0.29) is 12.6 Å².